The second-order valence-electron chi connectivity index (χ2n) is 18.5. The molecule has 0 bridgehead atoms. The van der Waals surface area contributed by atoms with Crippen molar-refractivity contribution in [1.82, 2.24) is 5.32 Å². The van der Waals surface area contributed by atoms with Gasteiger partial charge in [-0.15, -0.1) is 0 Å². The number of hydrogen-bond donors (Lipinski definition) is 7. The topological polar surface area (TPSA) is 160 Å². The van der Waals surface area contributed by atoms with E-state index in [1.54, 1.807) is 12.2 Å². The van der Waals surface area contributed by atoms with Crippen LogP contribution < -0.4 is 5.32 Å². The van der Waals surface area contributed by atoms with Gasteiger partial charge in [0, 0.05) is 6.42 Å². The molecule has 0 aromatic carbocycles. The second kappa shape index (κ2) is 40.7. The first kappa shape index (κ1) is 56.9. The van der Waals surface area contributed by atoms with E-state index in [2.05, 4.69) is 19.2 Å². The van der Waals surface area contributed by atoms with Crippen LogP contribution in [0.15, 0.2) is 12.2 Å². The summed E-state index contributed by atoms with van der Waals surface area (Å²) >= 11 is 0. The molecular weight excluding hydrogens is 755 g/mol. The van der Waals surface area contributed by atoms with Gasteiger partial charge in [-0.1, -0.05) is 231 Å². The molecule has 356 valence electrons. The van der Waals surface area contributed by atoms with Gasteiger partial charge in [-0.25, -0.2) is 0 Å². The summed E-state index contributed by atoms with van der Waals surface area (Å²) in [5.74, 6) is -0.145. The van der Waals surface area contributed by atoms with E-state index < -0.39 is 55.4 Å². The Kier molecular flexibility index (Phi) is 38.6. The van der Waals surface area contributed by atoms with E-state index in [1.807, 2.05) is 0 Å². The van der Waals surface area contributed by atoms with Gasteiger partial charge in [0.25, 0.3) is 0 Å². The lowest BCUT2D eigenvalue weighted by atomic mass is 9.92. The van der Waals surface area contributed by atoms with Crippen LogP contribution in [0.4, 0.5) is 0 Å². The first-order valence-corrected chi connectivity index (χ1v) is 25.9. The van der Waals surface area contributed by atoms with Gasteiger partial charge in [0.05, 0.1) is 24.9 Å². The van der Waals surface area contributed by atoms with E-state index in [9.17, 15) is 35.4 Å². The van der Waals surface area contributed by atoms with Gasteiger partial charge in [-0.3, -0.25) is 4.79 Å². The molecule has 1 saturated heterocycles. The highest BCUT2D eigenvalue weighted by Crippen LogP contribution is 2.25. The number of ether oxygens (including phenoxy) is 1. The lowest BCUT2D eigenvalue weighted by molar-refractivity contribution is -0.230. The van der Waals surface area contributed by atoms with Crippen LogP contribution in [0.25, 0.3) is 0 Å². The lowest BCUT2D eigenvalue weighted by Gasteiger charge is -2.40. The Morgan fingerprint density at radius 2 is 0.900 bits per heavy atom. The molecular formula is C51H99NO8. The molecule has 60 heavy (non-hydrogen) atoms. The molecule has 0 aromatic rings. The maximum absolute atomic E-state index is 13.0. The zero-order valence-corrected chi connectivity index (χ0v) is 39.1. The van der Waals surface area contributed by atoms with Crippen molar-refractivity contribution in [3.8, 4) is 0 Å². The summed E-state index contributed by atoms with van der Waals surface area (Å²) in [5, 5.41) is 65.3. The Hall–Kier alpha value is -1.07. The Bertz CT molecular complexity index is 965. The second-order valence-corrected chi connectivity index (χ2v) is 18.5. The van der Waals surface area contributed by atoms with Crippen LogP contribution in [-0.4, -0.2) is 91.9 Å². The highest BCUT2D eigenvalue weighted by atomic mass is 16.5. The van der Waals surface area contributed by atoms with Crippen LogP contribution >= 0.6 is 0 Å². The lowest BCUT2D eigenvalue weighted by Crippen LogP contribution is -2.58. The van der Waals surface area contributed by atoms with Crippen LogP contribution in [0.1, 0.15) is 251 Å². The first-order valence-electron chi connectivity index (χ1n) is 25.9. The summed E-state index contributed by atoms with van der Waals surface area (Å²) in [6.07, 6.45) is 39.2. The van der Waals surface area contributed by atoms with E-state index in [0.717, 1.165) is 38.5 Å². The van der Waals surface area contributed by atoms with Crippen molar-refractivity contribution in [2.24, 2.45) is 0 Å². The van der Waals surface area contributed by atoms with Crippen LogP contribution in [0.5, 0.6) is 0 Å². The summed E-state index contributed by atoms with van der Waals surface area (Å²) in [6, 6.07) is -0.769. The molecule has 8 atom stereocenters. The van der Waals surface area contributed by atoms with Gasteiger partial charge >= 0.3 is 0 Å². The smallest absolute Gasteiger partial charge is 0.220 e. The fraction of sp³-hybridized carbons (Fsp3) is 0.941. The van der Waals surface area contributed by atoms with Crippen LogP contribution in [0, 0.1) is 0 Å². The molecule has 7 N–H and O–H groups in total. The first-order chi connectivity index (χ1) is 29.3. The summed E-state index contributed by atoms with van der Waals surface area (Å²) in [7, 11) is 0. The number of aliphatic hydroxyl groups excluding tert-OH is 6. The van der Waals surface area contributed by atoms with Gasteiger partial charge < -0.3 is 40.7 Å². The molecule has 9 nitrogen and oxygen atoms in total. The maximum Gasteiger partial charge on any atom is 0.220 e. The third-order valence-corrected chi connectivity index (χ3v) is 12.9. The molecule has 1 heterocycles. The number of unbranched alkanes of at least 4 members (excludes halogenated alkanes) is 31. The molecule has 1 aliphatic heterocycles. The highest BCUT2D eigenvalue weighted by Gasteiger charge is 2.42. The number of hydrogen-bond acceptors (Lipinski definition) is 8. The minimum absolute atomic E-state index is 0.145. The molecule has 9 heteroatoms. The maximum atomic E-state index is 13.0. The van der Waals surface area contributed by atoms with Gasteiger partial charge in [0.15, 0.2) is 0 Å². The Morgan fingerprint density at radius 3 is 1.30 bits per heavy atom. The molecule has 0 saturated carbocycles. The van der Waals surface area contributed by atoms with Gasteiger partial charge in [0.1, 0.15) is 30.5 Å². The molecule has 1 amide bonds. The Labute approximate surface area is 369 Å². The molecule has 1 aliphatic rings. The number of allylic oxidation sites excluding steroid dienone is 1. The number of carbonyl (C=O) groups is 1. The molecule has 6 unspecified atom stereocenters. The van der Waals surface area contributed by atoms with E-state index in [1.165, 1.54) is 173 Å². The van der Waals surface area contributed by atoms with Crippen molar-refractivity contribution in [3.63, 3.8) is 0 Å². The highest BCUT2D eigenvalue weighted by molar-refractivity contribution is 5.76. The molecule has 1 fully saturated rings. The van der Waals surface area contributed by atoms with Gasteiger partial charge in [-0.05, 0) is 25.7 Å². The van der Waals surface area contributed by atoms with Gasteiger partial charge in [0.2, 0.25) is 5.91 Å². The minimum atomic E-state index is -1.42. The predicted octanol–water partition coefficient (Wildman–Crippen LogP) is 11.1. The zero-order valence-electron chi connectivity index (χ0n) is 39.1. The van der Waals surface area contributed by atoms with Crippen LogP contribution in [0.2, 0.25) is 0 Å². The van der Waals surface area contributed by atoms with Crippen LogP contribution in [0.3, 0.4) is 0 Å². The molecule has 1 rings (SSSR count). The van der Waals surface area contributed by atoms with Gasteiger partial charge in [-0.2, -0.15) is 0 Å². The normalized spacial score (nSPS) is 21.1. The molecule has 0 aliphatic carbocycles. The summed E-state index contributed by atoms with van der Waals surface area (Å²) < 4.78 is 5.63. The van der Waals surface area contributed by atoms with E-state index in [-0.39, 0.29) is 5.91 Å². The number of rotatable bonds is 43. The Balaban J connectivity index is 2.34. The van der Waals surface area contributed by atoms with Crippen molar-refractivity contribution in [2.45, 2.75) is 300 Å². The minimum Gasteiger partial charge on any atom is -0.394 e. The summed E-state index contributed by atoms with van der Waals surface area (Å²) in [4.78, 5) is 13.0. The number of amides is 1. The SMILES string of the molecule is CCCCCCCCCCCCCCCCCCCCCCCC(=O)NC(/C=C\CC[C@H]1OC(CO)[C@H](O)C(O)C1O)C(O)C(O)CCCCCCCCCCCCCC. The fourth-order valence-corrected chi connectivity index (χ4v) is 8.75. The fourth-order valence-electron chi connectivity index (χ4n) is 8.75. The van der Waals surface area contributed by atoms with E-state index >= 15 is 0 Å². The largest absolute Gasteiger partial charge is 0.394 e. The quantitative estimate of drug-likeness (QED) is 0.0236. The van der Waals surface area contributed by atoms with E-state index in [4.69, 9.17) is 4.74 Å². The molecule has 0 spiro atoms. The standard InChI is InChI=1S/C51H99NO8/c1-3-5-7-9-11-13-15-17-18-19-20-21-22-23-24-25-27-29-31-33-35-41-47(55)52-43(38-36-37-40-45-49(57)51(59)50(58)46(42-53)60-45)48(56)44(54)39-34-32-30-28-26-16-14-12-10-8-6-4-2/h36,38,43-46,48-51,53-54,56-59H,3-35,37,39-42H2,1-2H3,(H,52,55)/b38-36-/t43?,44?,45-,46?,48?,49?,50+,51?/m1/s1. The van der Waals surface area contributed by atoms with Crippen molar-refractivity contribution in [1.29, 1.82) is 0 Å². The van der Waals surface area contributed by atoms with Crippen molar-refractivity contribution in [2.75, 3.05) is 6.61 Å². The average molecular weight is 854 g/mol. The molecule has 0 aromatic heterocycles. The Morgan fingerprint density at radius 1 is 0.533 bits per heavy atom. The third-order valence-electron chi connectivity index (χ3n) is 12.9. The van der Waals surface area contributed by atoms with Crippen LogP contribution in [-0.2, 0) is 9.53 Å². The number of carbonyl (C=O) groups excluding carboxylic acids is 1. The monoisotopic (exact) mass is 854 g/mol. The number of aliphatic hydroxyl groups is 6. The summed E-state index contributed by atoms with van der Waals surface area (Å²) in [6.45, 7) is 4.05. The van der Waals surface area contributed by atoms with Crippen molar-refractivity contribution >= 4 is 5.91 Å². The number of nitrogens with one attached hydrogen (secondary N) is 1. The predicted molar refractivity (Wildman–Crippen MR) is 249 cm³/mol. The summed E-state index contributed by atoms with van der Waals surface area (Å²) in [5.41, 5.74) is 0. The third kappa shape index (κ3) is 30.1. The molecule has 0 radical (unpaired) electrons. The van der Waals surface area contributed by atoms with Crippen molar-refractivity contribution < 1.29 is 40.2 Å². The van der Waals surface area contributed by atoms with Crippen molar-refractivity contribution in [3.05, 3.63) is 12.2 Å². The van der Waals surface area contributed by atoms with E-state index in [0.29, 0.717) is 25.7 Å². The average Bonchev–Trinajstić information content (AvgIpc) is 3.25. The zero-order chi connectivity index (χ0) is 43.9.